The van der Waals surface area contributed by atoms with E-state index in [2.05, 4.69) is 22.2 Å². The van der Waals surface area contributed by atoms with Crippen molar-refractivity contribution >= 4 is 21.4 Å². The molecule has 3 aromatic rings. The number of nitrogens with zero attached hydrogens (tertiary/aromatic N) is 4. The summed E-state index contributed by atoms with van der Waals surface area (Å²) >= 11 is 1.42. The molecule has 0 fully saturated rings. The van der Waals surface area contributed by atoms with Crippen molar-refractivity contribution in [1.82, 2.24) is 14.6 Å². The van der Waals surface area contributed by atoms with Gasteiger partial charge in [0.1, 0.15) is 0 Å². The molecule has 0 saturated carbocycles. The van der Waals surface area contributed by atoms with Gasteiger partial charge in [-0.1, -0.05) is 41.7 Å². The minimum absolute atomic E-state index is 0.136. The molecule has 0 aliphatic heterocycles. The minimum atomic E-state index is -0.136. The molecule has 0 atom stereocenters. The Morgan fingerprint density at radius 3 is 2.80 bits per heavy atom. The summed E-state index contributed by atoms with van der Waals surface area (Å²) in [5.74, 6) is 0. The first-order chi connectivity index (χ1) is 9.63. The lowest BCUT2D eigenvalue weighted by atomic mass is 10.2. The van der Waals surface area contributed by atoms with E-state index in [0.29, 0.717) is 4.96 Å². The smallest absolute Gasteiger partial charge is 0.275 e. The maximum atomic E-state index is 11.8. The van der Waals surface area contributed by atoms with Gasteiger partial charge in [-0.3, -0.25) is 4.79 Å². The fourth-order valence-electron chi connectivity index (χ4n) is 1.99. The van der Waals surface area contributed by atoms with E-state index in [0.717, 1.165) is 17.4 Å². The molecule has 0 radical (unpaired) electrons. The fourth-order valence-corrected chi connectivity index (χ4v) is 2.90. The Kier molecular flexibility index (Phi) is 3.23. The van der Waals surface area contributed by atoms with Crippen molar-refractivity contribution < 1.29 is 0 Å². The molecular formula is C14H14N4OS. The fraction of sp³-hybridized carbons (Fsp3) is 0.214. The Morgan fingerprint density at radius 1 is 1.30 bits per heavy atom. The average Bonchev–Trinajstić information content (AvgIpc) is 2.84. The summed E-state index contributed by atoms with van der Waals surface area (Å²) in [6.45, 7) is 2.56. The van der Waals surface area contributed by atoms with Crippen LogP contribution in [0, 0.1) is 6.92 Å². The van der Waals surface area contributed by atoms with Crippen molar-refractivity contribution in [3.05, 3.63) is 58.0 Å². The highest BCUT2D eigenvalue weighted by molar-refractivity contribution is 7.20. The molecule has 1 aromatic carbocycles. The molecular weight excluding hydrogens is 272 g/mol. The number of hydrogen-bond acceptors (Lipinski definition) is 5. The number of aromatic nitrogens is 3. The quantitative estimate of drug-likeness (QED) is 0.740. The average molecular weight is 286 g/mol. The monoisotopic (exact) mass is 286 g/mol. The first-order valence-corrected chi connectivity index (χ1v) is 7.08. The van der Waals surface area contributed by atoms with Gasteiger partial charge >= 0.3 is 0 Å². The zero-order chi connectivity index (χ0) is 14.1. The molecule has 3 rings (SSSR count). The molecule has 0 bridgehead atoms. The molecule has 0 aliphatic carbocycles. The number of hydrogen-bond donors (Lipinski definition) is 0. The third-order valence-electron chi connectivity index (χ3n) is 2.95. The summed E-state index contributed by atoms with van der Waals surface area (Å²) in [5, 5.41) is 5.12. The van der Waals surface area contributed by atoms with Gasteiger partial charge in [-0.2, -0.15) is 4.52 Å². The highest BCUT2D eigenvalue weighted by atomic mass is 32.1. The van der Waals surface area contributed by atoms with Crippen molar-refractivity contribution in [1.29, 1.82) is 0 Å². The normalized spacial score (nSPS) is 10.9. The van der Waals surface area contributed by atoms with Gasteiger partial charge in [0.2, 0.25) is 10.1 Å². The van der Waals surface area contributed by atoms with E-state index in [1.54, 1.807) is 0 Å². The summed E-state index contributed by atoms with van der Waals surface area (Å²) in [6.07, 6.45) is 0. The van der Waals surface area contributed by atoms with E-state index >= 15 is 0 Å². The SMILES string of the molecule is Cc1cc(=O)n2nc(N(C)Cc3ccccc3)sc2n1. The summed E-state index contributed by atoms with van der Waals surface area (Å²) < 4.78 is 1.36. The van der Waals surface area contributed by atoms with Crippen LogP contribution in [0.5, 0.6) is 0 Å². The van der Waals surface area contributed by atoms with Crippen LogP contribution in [0.4, 0.5) is 5.13 Å². The van der Waals surface area contributed by atoms with Gasteiger partial charge in [0.05, 0.1) is 0 Å². The van der Waals surface area contributed by atoms with Gasteiger partial charge in [-0.25, -0.2) is 4.98 Å². The van der Waals surface area contributed by atoms with E-state index in [9.17, 15) is 4.79 Å². The van der Waals surface area contributed by atoms with Gasteiger partial charge in [0.15, 0.2) is 0 Å². The summed E-state index contributed by atoms with van der Waals surface area (Å²) in [6, 6.07) is 11.6. The molecule has 6 heteroatoms. The standard InChI is InChI=1S/C14H14N4OS/c1-10-8-12(19)18-13(15-10)20-14(16-18)17(2)9-11-6-4-3-5-7-11/h3-8H,9H2,1-2H3. The van der Waals surface area contributed by atoms with Crippen LogP contribution in [-0.2, 0) is 6.54 Å². The third-order valence-corrected chi connectivity index (χ3v) is 3.97. The Balaban J connectivity index is 1.94. The van der Waals surface area contributed by atoms with Crippen molar-refractivity contribution in [3.63, 3.8) is 0 Å². The maximum Gasteiger partial charge on any atom is 0.275 e. The zero-order valence-corrected chi connectivity index (χ0v) is 12.1. The predicted molar refractivity (Wildman–Crippen MR) is 80.4 cm³/mol. The second-order valence-corrected chi connectivity index (χ2v) is 5.59. The first-order valence-electron chi connectivity index (χ1n) is 6.26. The molecule has 0 unspecified atom stereocenters. The molecule has 2 heterocycles. The topological polar surface area (TPSA) is 50.5 Å². The molecule has 0 amide bonds. The van der Waals surface area contributed by atoms with E-state index in [4.69, 9.17) is 0 Å². The zero-order valence-electron chi connectivity index (χ0n) is 11.3. The third kappa shape index (κ3) is 2.42. The molecule has 20 heavy (non-hydrogen) atoms. The van der Waals surface area contributed by atoms with Gasteiger partial charge in [-0.05, 0) is 12.5 Å². The van der Waals surface area contributed by atoms with Crippen LogP contribution >= 0.6 is 11.3 Å². The van der Waals surface area contributed by atoms with Crippen LogP contribution in [0.3, 0.4) is 0 Å². The molecule has 2 aromatic heterocycles. The Labute approximate surface area is 120 Å². The highest BCUT2D eigenvalue weighted by Crippen LogP contribution is 2.21. The van der Waals surface area contributed by atoms with Crippen molar-refractivity contribution in [3.8, 4) is 0 Å². The number of benzene rings is 1. The highest BCUT2D eigenvalue weighted by Gasteiger charge is 2.11. The molecule has 0 saturated heterocycles. The number of rotatable bonds is 3. The molecule has 0 spiro atoms. The lowest BCUT2D eigenvalue weighted by Gasteiger charge is -2.14. The van der Waals surface area contributed by atoms with Crippen LogP contribution in [0.2, 0.25) is 0 Å². The number of anilines is 1. The van der Waals surface area contributed by atoms with Crippen LogP contribution in [0.25, 0.3) is 4.96 Å². The lowest BCUT2D eigenvalue weighted by Crippen LogP contribution is -2.18. The largest absolute Gasteiger partial charge is 0.345 e. The van der Waals surface area contributed by atoms with Gasteiger partial charge in [0.25, 0.3) is 5.56 Å². The molecule has 0 N–H and O–H groups in total. The second-order valence-electron chi connectivity index (χ2n) is 4.66. The van der Waals surface area contributed by atoms with E-state index in [1.165, 1.54) is 27.5 Å². The molecule has 0 aliphatic rings. The van der Waals surface area contributed by atoms with Crippen LogP contribution in [-0.4, -0.2) is 21.6 Å². The van der Waals surface area contributed by atoms with Crippen LogP contribution in [0.15, 0.2) is 41.2 Å². The minimum Gasteiger partial charge on any atom is -0.345 e. The van der Waals surface area contributed by atoms with Crippen molar-refractivity contribution in [2.45, 2.75) is 13.5 Å². The van der Waals surface area contributed by atoms with Crippen molar-refractivity contribution in [2.75, 3.05) is 11.9 Å². The number of aryl methyl sites for hydroxylation is 1. The summed E-state index contributed by atoms with van der Waals surface area (Å²) in [5.41, 5.74) is 1.78. The van der Waals surface area contributed by atoms with Crippen LogP contribution < -0.4 is 10.5 Å². The van der Waals surface area contributed by atoms with Gasteiger partial charge in [-0.15, -0.1) is 5.10 Å². The van der Waals surface area contributed by atoms with Gasteiger partial charge < -0.3 is 4.90 Å². The molecule has 102 valence electrons. The Morgan fingerprint density at radius 2 is 2.05 bits per heavy atom. The lowest BCUT2D eigenvalue weighted by molar-refractivity contribution is 0.841. The van der Waals surface area contributed by atoms with Crippen LogP contribution in [0.1, 0.15) is 11.3 Å². The molecule has 5 nitrogen and oxygen atoms in total. The number of fused-ring (bicyclic) bond motifs is 1. The van der Waals surface area contributed by atoms with E-state index in [1.807, 2.05) is 37.1 Å². The van der Waals surface area contributed by atoms with E-state index in [-0.39, 0.29) is 5.56 Å². The summed E-state index contributed by atoms with van der Waals surface area (Å²) in [4.78, 5) is 18.8. The predicted octanol–water partition coefficient (Wildman–Crippen LogP) is 2.10. The van der Waals surface area contributed by atoms with Crippen molar-refractivity contribution in [2.24, 2.45) is 0 Å². The Bertz CT molecular complexity index is 794. The second kappa shape index (κ2) is 5.05. The maximum absolute atomic E-state index is 11.8. The Hall–Kier alpha value is -2.21. The first kappa shape index (κ1) is 12.8. The van der Waals surface area contributed by atoms with E-state index < -0.39 is 0 Å². The van der Waals surface area contributed by atoms with Gasteiger partial charge in [0, 0.05) is 25.4 Å². The summed E-state index contributed by atoms with van der Waals surface area (Å²) in [7, 11) is 1.96.